The lowest BCUT2D eigenvalue weighted by molar-refractivity contribution is 0.0837. The third-order valence-corrected chi connectivity index (χ3v) is 3.74. The predicted molar refractivity (Wildman–Crippen MR) is 76.9 cm³/mol. The SMILES string of the molecule is COCCn1ncc(Br)c1C(C)(O)c1ccccc1F. The van der Waals surface area contributed by atoms with Gasteiger partial charge in [-0.25, -0.2) is 4.39 Å². The van der Waals surface area contributed by atoms with Gasteiger partial charge < -0.3 is 9.84 Å². The van der Waals surface area contributed by atoms with Crippen LogP contribution in [0, 0.1) is 5.82 Å². The second-order valence-corrected chi connectivity index (χ2v) is 5.46. The molecule has 1 aromatic heterocycles. The number of hydrogen-bond acceptors (Lipinski definition) is 3. The first kappa shape index (κ1) is 15.2. The maximum atomic E-state index is 14.0. The van der Waals surface area contributed by atoms with E-state index in [4.69, 9.17) is 4.74 Å². The van der Waals surface area contributed by atoms with E-state index in [1.54, 1.807) is 43.1 Å². The third kappa shape index (κ3) is 2.77. The monoisotopic (exact) mass is 342 g/mol. The average molecular weight is 343 g/mol. The molecule has 4 nitrogen and oxygen atoms in total. The number of aromatic nitrogens is 2. The van der Waals surface area contributed by atoms with Crippen molar-refractivity contribution in [2.75, 3.05) is 13.7 Å². The molecule has 1 atom stereocenters. The Hall–Kier alpha value is -1.24. The highest BCUT2D eigenvalue weighted by molar-refractivity contribution is 9.10. The minimum Gasteiger partial charge on any atom is -0.383 e. The van der Waals surface area contributed by atoms with Gasteiger partial charge in [0, 0.05) is 12.7 Å². The number of ether oxygens (including phenoxy) is 1. The van der Waals surface area contributed by atoms with Crippen molar-refractivity contribution in [1.82, 2.24) is 9.78 Å². The zero-order valence-electron chi connectivity index (χ0n) is 11.3. The summed E-state index contributed by atoms with van der Waals surface area (Å²) in [7, 11) is 1.59. The molecule has 0 bridgehead atoms. The zero-order chi connectivity index (χ0) is 14.8. The smallest absolute Gasteiger partial charge is 0.132 e. The maximum Gasteiger partial charge on any atom is 0.132 e. The number of rotatable bonds is 5. The molecule has 0 radical (unpaired) electrons. The molecule has 0 saturated carbocycles. The molecule has 6 heteroatoms. The second kappa shape index (κ2) is 6.03. The van der Waals surface area contributed by atoms with Crippen LogP contribution in [0.15, 0.2) is 34.9 Å². The molecule has 1 aromatic carbocycles. The summed E-state index contributed by atoms with van der Waals surface area (Å²) in [5.41, 5.74) is -0.784. The van der Waals surface area contributed by atoms with Gasteiger partial charge in [-0.2, -0.15) is 5.10 Å². The van der Waals surface area contributed by atoms with Crippen molar-refractivity contribution in [1.29, 1.82) is 0 Å². The van der Waals surface area contributed by atoms with Crippen LogP contribution in [0.4, 0.5) is 4.39 Å². The number of nitrogens with zero attached hydrogens (tertiary/aromatic N) is 2. The Morgan fingerprint density at radius 2 is 2.15 bits per heavy atom. The van der Waals surface area contributed by atoms with E-state index in [1.807, 2.05) is 0 Å². The Bertz CT molecular complexity index is 599. The molecule has 0 aliphatic rings. The van der Waals surface area contributed by atoms with Crippen molar-refractivity contribution in [2.45, 2.75) is 19.1 Å². The van der Waals surface area contributed by atoms with E-state index < -0.39 is 11.4 Å². The van der Waals surface area contributed by atoms with Crippen molar-refractivity contribution in [2.24, 2.45) is 0 Å². The summed E-state index contributed by atoms with van der Waals surface area (Å²) in [4.78, 5) is 0. The summed E-state index contributed by atoms with van der Waals surface area (Å²) >= 11 is 3.36. The Morgan fingerprint density at radius 1 is 1.45 bits per heavy atom. The average Bonchev–Trinajstić information content (AvgIpc) is 2.78. The third-order valence-electron chi connectivity index (χ3n) is 3.16. The normalized spacial score (nSPS) is 14.2. The van der Waals surface area contributed by atoms with Gasteiger partial charge in [0.05, 0.1) is 29.5 Å². The summed E-state index contributed by atoms with van der Waals surface area (Å²) in [6.07, 6.45) is 1.58. The van der Waals surface area contributed by atoms with Crippen LogP contribution in [0.5, 0.6) is 0 Å². The molecular formula is C14H16BrFN2O2. The molecular weight excluding hydrogens is 327 g/mol. The number of hydrogen-bond donors (Lipinski definition) is 1. The van der Waals surface area contributed by atoms with Crippen LogP contribution in [-0.4, -0.2) is 28.6 Å². The van der Waals surface area contributed by atoms with E-state index in [2.05, 4.69) is 21.0 Å². The molecule has 1 unspecified atom stereocenters. The quantitative estimate of drug-likeness (QED) is 0.908. The molecule has 0 fully saturated rings. The lowest BCUT2D eigenvalue weighted by Gasteiger charge is -2.26. The maximum absolute atomic E-state index is 14.0. The molecule has 2 rings (SSSR count). The van der Waals surface area contributed by atoms with Crippen molar-refractivity contribution >= 4 is 15.9 Å². The van der Waals surface area contributed by atoms with Gasteiger partial charge >= 0.3 is 0 Å². The Kier molecular flexibility index (Phi) is 4.57. The van der Waals surface area contributed by atoms with Gasteiger partial charge in [-0.05, 0) is 28.9 Å². The fraction of sp³-hybridized carbons (Fsp3) is 0.357. The van der Waals surface area contributed by atoms with E-state index in [-0.39, 0.29) is 5.56 Å². The Balaban J connectivity index is 2.49. The summed E-state index contributed by atoms with van der Waals surface area (Å²) in [6.45, 7) is 2.48. The molecule has 0 saturated heterocycles. The van der Waals surface area contributed by atoms with Crippen LogP contribution < -0.4 is 0 Å². The summed E-state index contributed by atoms with van der Waals surface area (Å²) in [6, 6.07) is 6.17. The van der Waals surface area contributed by atoms with E-state index in [0.717, 1.165) is 0 Å². The fourth-order valence-corrected chi connectivity index (χ4v) is 2.86. The molecule has 0 spiro atoms. The van der Waals surface area contributed by atoms with Crippen molar-refractivity contribution in [3.63, 3.8) is 0 Å². The van der Waals surface area contributed by atoms with Gasteiger partial charge in [0.15, 0.2) is 0 Å². The zero-order valence-corrected chi connectivity index (χ0v) is 12.9. The number of methoxy groups -OCH3 is 1. The Morgan fingerprint density at radius 3 is 2.80 bits per heavy atom. The summed E-state index contributed by atoms with van der Waals surface area (Å²) in [5, 5.41) is 15.0. The van der Waals surface area contributed by atoms with Crippen LogP contribution in [0.1, 0.15) is 18.2 Å². The van der Waals surface area contributed by atoms with E-state index >= 15 is 0 Å². The van der Waals surface area contributed by atoms with Gasteiger partial charge in [-0.15, -0.1) is 0 Å². The van der Waals surface area contributed by atoms with Gasteiger partial charge in [-0.1, -0.05) is 18.2 Å². The molecule has 0 aliphatic carbocycles. The topological polar surface area (TPSA) is 47.3 Å². The highest BCUT2D eigenvalue weighted by Gasteiger charge is 2.34. The standard InChI is InChI=1S/C14H16BrFN2O2/c1-14(19,10-5-3-4-6-12(10)16)13-11(15)9-17-18(13)7-8-20-2/h3-6,9,19H,7-8H2,1-2H3. The number of benzene rings is 1. The number of aliphatic hydroxyl groups is 1. The van der Waals surface area contributed by atoms with Gasteiger partial charge in [0.1, 0.15) is 11.4 Å². The van der Waals surface area contributed by atoms with Crippen molar-refractivity contribution < 1.29 is 14.2 Å². The second-order valence-electron chi connectivity index (χ2n) is 4.61. The molecule has 108 valence electrons. The minimum absolute atomic E-state index is 0.208. The first-order valence-corrected chi connectivity index (χ1v) is 6.96. The van der Waals surface area contributed by atoms with Crippen molar-refractivity contribution in [3.8, 4) is 0 Å². The lowest BCUT2D eigenvalue weighted by Crippen LogP contribution is -2.29. The first-order valence-electron chi connectivity index (χ1n) is 6.16. The summed E-state index contributed by atoms with van der Waals surface area (Å²) < 4.78 is 21.2. The van der Waals surface area contributed by atoms with Gasteiger partial charge in [-0.3, -0.25) is 4.68 Å². The van der Waals surface area contributed by atoms with E-state index in [1.165, 1.54) is 6.07 Å². The Labute approximate surface area is 125 Å². The van der Waals surface area contributed by atoms with E-state index in [9.17, 15) is 9.50 Å². The molecule has 0 aliphatic heterocycles. The molecule has 2 aromatic rings. The van der Waals surface area contributed by atoms with Crippen LogP contribution in [0.25, 0.3) is 0 Å². The number of halogens is 2. The minimum atomic E-state index is -1.49. The largest absolute Gasteiger partial charge is 0.383 e. The fourth-order valence-electron chi connectivity index (χ4n) is 2.18. The highest BCUT2D eigenvalue weighted by Crippen LogP contribution is 2.35. The molecule has 20 heavy (non-hydrogen) atoms. The van der Waals surface area contributed by atoms with Crippen LogP contribution in [-0.2, 0) is 16.9 Å². The first-order chi connectivity index (χ1) is 9.48. The molecule has 0 amide bonds. The lowest BCUT2D eigenvalue weighted by atomic mass is 9.92. The van der Waals surface area contributed by atoms with Crippen LogP contribution in [0.3, 0.4) is 0 Å². The van der Waals surface area contributed by atoms with E-state index in [0.29, 0.717) is 23.3 Å². The molecule has 1 heterocycles. The van der Waals surface area contributed by atoms with Crippen LogP contribution >= 0.6 is 15.9 Å². The van der Waals surface area contributed by atoms with Gasteiger partial charge in [0.2, 0.25) is 0 Å². The molecule has 1 N–H and O–H groups in total. The van der Waals surface area contributed by atoms with Crippen LogP contribution in [0.2, 0.25) is 0 Å². The van der Waals surface area contributed by atoms with Gasteiger partial charge in [0.25, 0.3) is 0 Å². The predicted octanol–water partition coefficient (Wildman–Crippen LogP) is 2.69. The summed E-state index contributed by atoms with van der Waals surface area (Å²) in [5.74, 6) is -0.455. The highest BCUT2D eigenvalue weighted by atomic mass is 79.9. The van der Waals surface area contributed by atoms with Crippen molar-refractivity contribution in [3.05, 3.63) is 52.0 Å².